The van der Waals surface area contributed by atoms with Gasteiger partial charge >= 0.3 is 0 Å². The van der Waals surface area contributed by atoms with E-state index >= 15 is 0 Å². The molecule has 0 amide bonds. The highest BCUT2D eigenvalue weighted by Gasteiger charge is 2.51. The molecule has 0 heterocycles. The van der Waals surface area contributed by atoms with Crippen LogP contribution in [0.5, 0.6) is 0 Å². The van der Waals surface area contributed by atoms with Crippen LogP contribution >= 0.6 is 0 Å². The molecule has 0 aromatic heterocycles. The maximum Gasteiger partial charge on any atom is 0.0725 e. The molecule has 0 saturated heterocycles. The zero-order valence-corrected chi connectivity index (χ0v) is 37.4. The third-order valence-corrected chi connectivity index (χ3v) is 15.4. The highest BCUT2D eigenvalue weighted by Crippen LogP contribution is 2.63. The predicted octanol–water partition coefficient (Wildman–Crippen LogP) is 17.1. The van der Waals surface area contributed by atoms with Crippen molar-refractivity contribution in [3.05, 3.63) is 311 Å². The Hall–Kier alpha value is -8.58. The molecule has 14 rings (SSSR count). The number of fused-ring (bicyclic) bond motifs is 13. The van der Waals surface area contributed by atoms with Gasteiger partial charge in [0.2, 0.25) is 0 Å². The number of benzene rings is 11. The molecule has 0 saturated carbocycles. The average Bonchev–Trinajstić information content (AvgIpc) is 4.01. The van der Waals surface area contributed by atoms with Gasteiger partial charge in [0, 0.05) is 0 Å². The Morgan fingerprint density at radius 1 is 0.162 bits per heavy atom. The first-order valence-electron chi connectivity index (χ1n) is 23.8. The first-order chi connectivity index (χ1) is 33.7. The number of rotatable bonds is 6. The molecule has 0 bridgehead atoms. The Kier molecular flexibility index (Phi) is 8.51. The van der Waals surface area contributed by atoms with Gasteiger partial charge in [-0.15, -0.1) is 0 Å². The Balaban J connectivity index is 0.840. The fraction of sp³-hybridized carbons (Fsp3) is 0.0294. The Bertz CT molecular complexity index is 3530. The van der Waals surface area contributed by atoms with Gasteiger partial charge in [-0.05, 0) is 153 Å². The number of hydrogen-bond donors (Lipinski definition) is 0. The van der Waals surface area contributed by atoms with Crippen LogP contribution in [0.1, 0.15) is 44.5 Å². The van der Waals surface area contributed by atoms with Crippen molar-refractivity contribution in [3.63, 3.8) is 0 Å². The van der Waals surface area contributed by atoms with Crippen LogP contribution in [0.3, 0.4) is 0 Å². The van der Waals surface area contributed by atoms with Crippen molar-refractivity contribution in [3.8, 4) is 77.9 Å². The lowest BCUT2D eigenvalue weighted by atomic mass is 9.67. The van der Waals surface area contributed by atoms with Gasteiger partial charge in [-0.2, -0.15) is 0 Å². The van der Waals surface area contributed by atoms with Crippen molar-refractivity contribution in [1.29, 1.82) is 0 Å². The lowest BCUT2D eigenvalue weighted by molar-refractivity contribution is 0.769. The quantitative estimate of drug-likeness (QED) is 0.156. The third kappa shape index (κ3) is 5.43. The Labute approximate surface area is 398 Å². The molecule has 0 radical (unpaired) electrons. The van der Waals surface area contributed by atoms with Crippen LogP contribution in [0.2, 0.25) is 0 Å². The van der Waals surface area contributed by atoms with Crippen molar-refractivity contribution in [2.24, 2.45) is 0 Å². The Morgan fingerprint density at radius 2 is 0.426 bits per heavy atom. The normalized spacial score (nSPS) is 13.8. The zero-order chi connectivity index (χ0) is 44.8. The smallest absolute Gasteiger partial charge is 0.0622 e. The summed E-state index contributed by atoms with van der Waals surface area (Å²) >= 11 is 0. The predicted molar refractivity (Wildman–Crippen MR) is 282 cm³/mol. The van der Waals surface area contributed by atoms with E-state index in [1.54, 1.807) is 0 Å². The SMILES string of the molecule is c1ccc(C2(c3ccccc3)c3ccccc3-c3ccc(-c4cccc(-c5cccc(-c6cccc(-c7ccc8c(c7)C7(c9ccccc9-c9ccccc97)c7ccccc7-8)c6)c5)c4)cc32)cc1. The van der Waals surface area contributed by atoms with Crippen LogP contribution in [-0.2, 0) is 10.8 Å². The standard InChI is InChI=1S/C68H44/c1-3-24-53(25-4-1)67(54-26-5-2-6-27-54)61-32-11-7-30-57(61)59-38-36-51(43-65(59)67)49-22-16-20-47(41-49)45-18-15-19-46(40-45)48-21-17-23-50(42-48)52-37-39-60-58-31-10-14-35-64(58)68(66(60)44-52)62-33-12-8-28-55(62)56-29-9-13-34-63(56)68/h1-44H. The molecule has 0 aliphatic heterocycles. The van der Waals surface area contributed by atoms with Gasteiger partial charge in [0.05, 0.1) is 10.8 Å². The minimum atomic E-state index is -0.440. The number of hydrogen-bond acceptors (Lipinski definition) is 0. The van der Waals surface area contributed by atoms with Crippen molar-refractivity contribution in [1.82, 2.24) is 0 Å². The minimum Gasteiger partial charge on any atom is -0.0622 e. The van der Waals surface area contributed by atoms with E-state index < -0.39 is 5.41 Å². The molecule has 0 unspecified atom stereocenters. The molecule has 0 nitrogen and oxygen atoms in total. The van der Waals surface area contributed by atoms with E-state index in [1.807, 2.05) is 0 Å². The maximum atomic E-state index is 2.48. The monoisotopic (exact) mass is 860 g/mol. The van der Waals surface area contributed by atoms with E-state index in [2.05, 4.69) is 267 Å². The minimum absolute atomic E-state index is 0.368. The molecule has 3 aliphatic rings. The van der Waals surface area contributed by atoms with Gasteiger partial charge in [-0.25, -0.2) is 0 Å². The Morgan fingerprint density at radius 3 is 0.779 bits per heavy atom. The molecule has 68 heavy (non-hydrogen) atoms. The van der Waals surface area contributed by atoms with Crippen LogP contribution < -0.4 is 0 Å². The molecule has 11 aromatic rings. The molecule has 11 aromatic carbocycles. The summed E-state index contributed by atoms with van der Waals surface area (Å²) in [6.45, 7) is 0. The van der Waals surface area contributed by atoms with Crippen molar-refractivity contribution in [2.45, 2.75) is 10.8 Å². The summed E-state index contributed by atoms with van der Waals surface area (Å²) < 4.78 is 0. The van der Waals surface area contributed by atoms with Gasteiger partial charge in [0.15, 0.2) is 0 Å². The lowest BCUT2D eigenvalue weighted by Gasteiger charge is -2.34. The molecule has 0 fully saturated rings. The van der Waals surface area contributed by atoms with Gasteiger partial charge in [0.25, 0.3) is 0 Å². The zero-order valence-electron chi connectivity index (χ0n) is 37.4. The van der Waals surface area contributed by atoms with E-state index in [4.69, 9.17) is 0 Å². The third-order valence-electron chi connectivity index (χ3n) is 15.4. The molecule has 316 valence electrons. The van der Waals surface area contributed by atoms with Crippen LogP contribution in [0.4, 0.5) is 0 Å². The molecule has 0 N–H and O–H groups in total. The van der Waals surface area contributed by atoms with Crippen LogP contribution in [-0.4, -0.2) is 0 Å². The summed E-state index contributed by atoms with van der Waals surface area (Å²) in [4.78, 5) is 0. The van der Waals surface area contributed by atoms with Crippen LogP contribution in [0, 0.1) is 0 Å². The van der Waals surface area contributed by atoms with Gasteiger partial charge in [-0.1, -0.05) is 237 Å². The van der Waals surface area contributed by atoms with E-state index in [0.717, 1.165) is 0 Å². The summed E-state index contributed by atoms with van der Waals surface area (Å²) in [5, 5.41) is 0. The van der Waals surface area contributed by atoms with Gasteiger partial charge in [0.1, 0.15) is 0 Å². The average molecular weight is 861 g/mol. The maximum absolute atomic E-state index is 2.48. The van der Waals surface area contributed by atoms with E-state index in [9.17, 15) is 0 Å². The lowest BCUT2D eigenvalue weighted by Crippen LogP contribution is -2.28. The summed E-state index contributed by atoms with van der Waals surface area (Å²) in [7, 11) is 0. The highest BCUT2D eigenvalue weighted by atomic mass is 14.5. The van der Waals surface area contributed by atoms with Crippen molar-refractivity contribution >= 4 is 0 Å². The highest BCUT2D eigenvalue weighted by molar-refractivity contribution is 5.96. The van der Waals surface area contributed by atoms with E-state index in [-0.39, 0.29) is 5.41 Å². The van der Waals surface area contributed by atoms with E-state index in [0.29, 0.717) is 0 Å². The fourth-order valence-electron chi connectivity index (χ4n) is 12.5. The summed E-state index contributed by atoms with van der Waals surface area (Å²) in [5.74, 6) is 0. The van der Waals surface area contributed by atoms with Crippen LogP contribution in [0.25, 0.3) is 77.9 Å². The first kappa shape index (κ1) is 38.7. The first-order valence-corrected chi connectivity index (χ1v) is 23.8. The van der Waals surface area contributed by atoms with Crippen molar-refractivity contribution < 1.29 is 0 Å². The molecule has 0 atom stereocenters. The van der Waals surface area contributed by atoms with E-state index in [1.165, 1.54) is 122 Å². The fourth-order valence-corrected chi connectivity index (χ4v) is 12.5. The molecule has 3 aliphatic carbocycles. The second-order valence-corrected chi connectivity index (χ2v) is 18.7. The summed E-state index contributed by atoms with van der Waals surface area (Å²) in [6.07, 6.45) is 0. The molecular weight excluding hydrogens is 817 g/mol. The molecule has 1 spiro atoms. The largest absolute Gasteiger partial charge is 0.0725 e. The van der Waals surface area contributed by atoms with Gasteiger partial charge < -0.3 is 0 Å². The molecule has 0 heteroatoms. The second kappa shape index (κ2) is 15.0. The van der Waals surface area contributed by atoms with Gasteiger partial charge in [-0.3, -0.25) is 0 Å². The molecular formula is C68H44. The summed E-state index contributed by atoms with van der Waals surface area (Å²) in [5.41, 5.74) is 27.4. The second-order valence-electron chi connectivity index (χ2n) is 18.7. The van der Waals surface area contributed by atoms with Crippen molar-refractivity contribution in [2.75, 3.05) is 0 Å². The topological polar surface area (TPSA) is 0 Å². The summed E-state index contributed by atoms with van der Waals surface area (Å²) in [6, 6.07) is 99.8. The van der Waals surface area contributed by atoms with Crippen LogP contribution in [0.15, 0.2) is 267 Å².